The van der Waals surface area contributed by atoms with Crippen LogP contribution in [-0.2, 0) is 38.4 Å². The second kappa shape index (κ2) is 14.2. The van der Waals surface area contributed by atoms with Crippen LogP contribution in [0.15, 0.2) is 91.1 Å². The smallest absolute Gasteiger partial charge is 0.243 e. The van der Waals surface area contributed by atoms with E-state index in [9.17, 15) is 19.2 Å². The zero-order chi connectivity index (χ0) is 30.9. The number of para-hydroxylation sites is 2. The lowest BCUT2D eigenvalue weighted by Crippen LogP contribution is -2.55. The van der Waals surface area contributed by atoms with Crippen LogP contribution in [0.3, 0.4) is 0 Å². The predicted octanol–water partition coefficient (Wildman–Crippen LogP) is 3.03. The second-order valence-corrected chi connectivity index (χ2v) is 10.8. The highest BCUT2D eigenvalue weighted by molar-refractivity contribution is 5.94. The van der Waals surface area contributed by atoms with Crippen LogP contribution in [0.25, 0.3) is 21.8 Å². The average Bonchev–Trinajstić information content (AvgIpc) is 3.62. The molecule has 2 heterocycles. The van der Waals surface area contributed by atoms with Gasteiger partial charge < -0.3 is 31.7 Å². The second-order valence-electron chi connectivity index (χ2n) is 10.8. The summed E-state index contributed by atoms with van der Waals surface area (Å²) in [6.07, 6.45) is 2.57. The molecule has 0 unspecified atom stereocenters. The van der Waals surface area contributed by atoms with E-state index in [-0.39, 0.29) is 31.6 Å². The molecule has 10 nitrogen and oxygen atoms in total. The number of amides is 4. The van der Waals surface area contributed by atoms with Crippen molar-refractivity contribution < 1.29 is 19.2 Å². The van der Waals surface area contributed by atoms with Crippen LogP contribution in [0.4, 0.5) is 0 Å². The third-order valence-electron chi connectivity index (χ3n) is 7.56. The summed E-state index contributed by atoms with van der Waals surface area (Å²) in [6, 6.07) is 25.1. The number of rotatable bonds is 14. The molecule has 0 aliphatic heterocycles. The number of carbonyl (C=O) groups excluding carboxylic acids is 4. The van der Waals surface area contributed by atoms with Crippen LogP contribution in [0, 0.1) is 0 Å². The molecular weight excluding hydrogens is 556 g/mol. The van der Waals surface area contributed by atoms with Gasteiger partial charge in [0, 0.05) is 47.7 Å². The lowest BCUT2D eigenvalue weighted by atomic mass is 10.0. The molecule has 5 rings (SSSR count). The van der Waals surface area contributed by atoms with Crippen molar-refractivity contribution in [1.29, 1.82) is 0 Å². The van der Waals surface area contributed by atoms with Crippen molar-refractivity contribution in [3.63, 3.8) is 0 Å². The Morgan fingerprint density at radius 3 is 2.30 bits per heavy atom. The Labute approximate surface area is 254 Å². The predicted molar refractivity (Wildman–Crippen MR) is 169 cm³/mol. The highest BCUT2D eigenvalue weighted by Gasteiger charge is 2.28. The minimum Gasteiger partial charge on any atom is -0.370 e. The lowest BCUT2D eigenvalue weighted by Gasteiger charge is -2.23. The topological polar surface area (TPSA) is 162 Å². The van der Waals surface area contributed by atoms with Crippen LogP contribution >= 0.6 is 0 Å². The Morgan fingerprint density at radius 2 is 1.52 bits per heavy atom. The Kier molecular flexibility index (Phi) is 9.71. The van der Waals surface area contributed by atoms with E-state index in [1.54, 1.807) is 0 Å². The normalized spacial score (nSPS) is 12.5. The Morgan fingerprint density at radius 1 is 0.795 bits per heavy atom. The van der Waals surface area contributed by atoms with Gasteiger partial charge in [0.2, 0.25) is 23.6 Å². The van der Waals surface area contributed by atoms with E-state index in [0.717, 1.165) is 32.9 Å². The monoisotopic (exact) mass is 592 g/mol. The van der Waals surface area contributed by atoms with Crippen molar-refractivity contribution in [2.45, 2.75) is 44.2 Å². The number of benzene rings is 3. The first-order chi connectivity index (χ1) is 21.4. The van der Waals surface area contributed by atoms with E-state index in [1.165, 1.54) is 0 Å². The van der Waals surface area contributed by atoms with Gasteiger partial charge in [-0.2, -0.15) is 0 Å². The van der Waals surface area contributed by atoms with Crippen molar-refractivity contribution >= 4 is 45.4 Å². The zero-order valence-electron chi connectivity index (χ0n) is 24.3. The highest BCUT2D eigenvalue weighted by atomic mass is 16.2. The van der Waals surface area contributed by atoms with Crippen LogP contribution < -0.4 is 21.7 Å². The fourth-order valence-corrected chi connectivity index (χ4v) is 5.30. The number of nitrogens with one attached hydrogen (secondary N) is 5. The van der Waals surface area contributed by atoms with Gasteiger partial charge in [-0.1, -0.05) is 66.7 Å². The molecule has 226 valence electrons. The molecule has 0 saturated carbocycles. The summed E-state index contributed by atoms with van der Waals surface area (Å²) in [5.74, 6) is -1.92. The summed E-state index contributed by atoms with van der Waals surface area (Å²) in [5, 5.41) is 10.4. The zero-order valence-corrected chi connectivity index (χ0v) is 24.3. The van der Waals surface area contributed by atoms with Crippen LogP contribution in [0.2, 0.25) is 0 Å². The SMILES string of the molecule is NC(=O)CC[C@H](NC(=O)Cc1cc2ccccc2[nH]1)C(=O)N[C@H](Cc1c[nH]c2ccccc12)C(=O)NCCc1ccccc1. The maximum Gasteiger partial charge on any atom is 0.243 e. The van der Waals surface area contributed by atoms with Crippen LogP contribution in [-0.4, -0.2) is 52.2 Å². The van der Waals surface area contributed by atoms with Crippen molar-refractivity contribution in [2.75, 3.05) is 6.54 Å². The summed E-state index contributed by atoms with van der Waals surface area (Å²) in [7, 11) is 0. The number of aromatic nitrogens is 2. The van der Waals surface area contributed by atoms with E-state index in [4.69, 9.17) is 5.73 Å². The molecule has 44 heavy (non-hydrogen) atoms. The molecule has 2 aromatic heterocycles. The van der Waals surface area contributed by atoms with E-state index in [2.05, 4.69) is 25.9 Å². The van der Waals surface area contributed by atoms with Gasteiger partial charge in [-0.3, -0.25) is 19.2 Å². The molecule has 5 aromatic rings. The van der Waals surface area contributed by atoms with Crippen molar-refractivity contribution in [3.8, 4) is 0 Å². The van der Waals surface area contributed by atoms with E-state index < -0.39 is 29.8 Å². The van der Waals surface area contributed by atoms with Crippen molar-refractivity contribution in [2.24, 2.45) is 5.73 Å². The number of hydrogen-bond acceptors (Lipinski definition) is 4. The van der Waals surface area contributed by atoms with Gasteiger partial charge in [-0.25, -0.2) is 0 Å². The molecule has 2 atom stereocenters. The summed E-state index contributed by atoms with van der Waals surface area (Å²) in [6.45, 7) is 0.384. The van der Waals surface area contributed by atoms with Gasteiger partial charge in [-0.15, -0.1) is 0 Å². The maximum absolute atomic E-state index is 13.6. The van der Waals surface area contributed by atoms with Crippen molar-refractivity contribution in [3.05, 3.63) is 108 Å². The molecule has 0 spiro atoms. The summed E-state index contributed by atoms with van der Waals surface area (Å²) in [5.41, 5.74) is 9.82. The average molecular weight is 593 g/mol. The van der Waals surface area contributed by atoms with Gasteiger partial charge in [-0.05, 0) is 47.6 Å². The number of carbonyl (C=O) groups is 4. The standard InChI is InChI=1S/C34H36N6O4/c35-31(41)15-14-29(39-32(42)20-25-18-23-10-4-6-12-27(23)38-25)34(44)40-30(19-24-21-37-28-13-7-5-11-26(24)28)33(43)36-17-16-22-8-2-1-3-9-22/h1-13,18,21,29-30,37-38H,14-17,19-20H2,(H2,35,41)(H,36,43)(H,39,42)(H,40,44)/t29-,30+/m0/s1. The Hall–Kier alpha value is -5.38. The number of H-pyrrole nitrogens is 2. The molecule has 0 aliphatic rings. The summed E-state index contributed by atoms with van der Waals surface area (Å²) < 4.78 is 0. The van der Waals surface area contributed by atoms with Gasteiger partial charge in [0.15, 0.2) is 0 Å². The minimum absolute atomic E-state index is 0.00492. The third-order valence-corrected chi connectivity index (χ3v) is 7.56. The molecule has 0 fully saturated rings. The first-order valence-corrected chi connectivity index (χ1v) is 14.7. The van der Waals surface area contributed by atoms with Gasteiger partial charge in [0.1, 0.15) is 12.1 Å². The van der Waals surface area contributed by atoms with Crippen molar-refractivity contribution in [1.82, 2.24) is 25.9 Å². The number of primary amides is 1. The largest absolute Gasteiger partial charge is 0.370 e. The third kappa shape index (κ3) is 7.91. The molecule has 0 aliphatic carbocycles. The van der Waals surface area contributed by atoms with E-state index in [0.29, 0.717) is 18.7 Å². The van der Waals surface area contributed by atoms with Crippen LogP contribution in [0.5, 0.6) is 0 Å². The molecule has 3 aromatic carbocycles. The summed E-state index contributed by atoms with van der Waals surface area (Å²) in [4.78, 5) is 58.1. The molecular formula is C34H36N6O4. The number of aromatic amines is 2. The molecule has 10 heteroatoms. The first-order valence-electron chi connectivity index (χ1n) is 14.7. The quantitative estimate of drug-likeness (QED) is 0.117. The fraction of sp³-hybridized carbons (Fsp3) is 0.235. The van der Waals surface area contributed by atoms with Crippen LogP contribution in [0.1, 0.15) is 29.7 Å². The van der Waals surface area contributed by atoms with Gasteiger partial charge in [0.05, 0.1) is 6.42 Å². The fourth-order valence-electron chi connectivity index (χ4n) is 5.30. The minimum atomic E-state index is -1.07. The van der Waals surface area contributed by atoms with E-state index >= 15 is 0 Å². The number of hydrogen-bond donors (Lipinski definition) is 6. The van der Waals surface area contributed by atoms with E-state index in [1.807, 2.05) is 91.1 Å². The Balaban J connectivity index is 1.30. The Bertz CT molecular complexity index is 1730. The summed E-state index contributed by atoms with van der Waals surface area (Å²) >= 11 is 0. The number of fused-ring (bicyclic) bond motifs is 2. The lowest BCUT2D eigenvalue weighted by molar-refractivity contribution is -0.132. The maximum atomic E-state index is 13.6. The first kappa shape index (κ1) is 30.1. The highest BCUT2D eigenvalue weighted by Crippen LogP contribution is 2.20. The molecule has 0 saturated heterocycles. The molecule has 7 N–H and O–H groups in total. The molecule has 4 amide bonds. The number of nitrogens with two attached hydrogens (primary N) is 1. The molecule has 0 bridgehead atoms. The van der Waals surface area contributed by atoms with Gasteiger partial charge >= 0.3 is 0 Å². The molecule has 0 radical (unpaired) electrons. The van der Waals surface area contributed by atoms with Gasteiger partial charge in [0.25, 0.3) is 0 Å².